The third-order valence-corrected chi connectivity index (χ3v) is 9.76. The van der Waals surface area contributed by atoms with Gasteiger partial charge in [0.15, 0.2) is 17.5 Å². The van der Waals surface area contributed by atoms with Gasteiger partial charge in [0.1, 0.15) is 11.2 Å². The average molecular weight is 581 g/mol. The lowest BCUT2D eigenvalue weighted by Gasteiger charge is -2.36. The van der Waals surface area contributed by atoms with Crippen LogP contribution in [-0.4, -0.2) is 15.0 Å². The molecular formula is C40H28N4O. The summed E-state index contributed by atoms with van der Waals surface area (Å²) in [5, 5.41) is 12.3. The van der Waals surface area contributed by atoms with Gasteiger partial charge in [-0.05, 0) is 65.4 Å². The molecule has 0 atom stereocenters. The zero-order valence-electron chi connectivity index (χ0n) is 24.6. The molecule has 0 saturated heterocycles. The topological polar surface area (TPSA) is 75.6 Å². The van der Waals surface area contributed by atoms with Crippen molar-refractivity contribution in [3.8, 4) is 51.4 Å². The first kappa shape index (κ1) is 25.9. The lowest BCUT2D eigenvalue weighted by atomic mass is 9.66. The van der Waals surface area contributed by atoms with Crippen LogP contribution in [0.4, 0.5) is 0 Å². The van der Waals surface area contributed by atoms with Crippen LogP contribution in [0.3, 0.4) is 0 Å². The largest absolute Gasteiger partial charge is 0.456 e. The Kier molecular flexibility index (Phi) is 5.73. The molecule has 1 fully saturated rings. The van der Waals surface area contributed by atoms with E-state index in [-0.39, 0.29) is 5.41 Å². The van der Waals surface area contributed by atoms with Crippen molar-refractivity contribution in [1.29, 1.82) is 5.26 Å². The molecule has 0 bridgehead atoms. The number of nitrogens with zero attached hydrogens (tertiary/aromatic N) is 4. The minimum atomic E-state index is -0.157. The Morgan fingerprint density at radius 1 is 0.578 bits per heavy atom. The maximum absolute atomic E-state index is 10.1. The van der Waals surface area contributed by atoms with Crippen LogP contribution < -0.4 is 0 Å². The molecule has 5 heteroatoms. The van der Waals surface area contributed by atoms with Crippen LogP contribution in [-0.2, 0) is 5.41 Å². The summed E-state index contributed by atoms with van der Waals surface area (Å²) >= 11 is 0. The second-order valence-electron chi connectivity index (χ2n) is 12.2. The van der Waals surface area contributed by atoms with E-state index in [9.17, 15) is 5.26 Å². The zero-order valence-corrected chi connectivity index (χ0v) is 24.6. The van der Waals surface area contributed by atoms with Gasteiger partial charge in [-0.25, -0.2) is 15.0 Å². The highest BCUT2D eigenvalue weighted by Gasteiger charge is 2.45. The van der Waals surface area contributed by atoms with Crippen molar-refractivity contribution in [1.82, 2.24) is 15.0 Å². The maximum Gasteiger partial charge on any atom is 0.164 e. The number of para-hydroxylation sites is 1. The van der Waals surface area contributed by atoms with Gasteiger partial charge in [0, 0.05) is 32.9 Å². The van der Waals surface area contributed by atoms with Crippen LogP contribution >= 0.6 is 0 Å². The molecule has 2 aromatic heterocycles. The van der Waals surface area contributed by atoms with E-state index in [0.29, 0.717) is 17.5 Å². The van der Waals surface area contributed by atoms with Gasteiger partial charge < -0.3 is 4.42 Å². The molecule has 45 heavy (non-hydrogen) atoms. The molecule has 0 aliphatic heterocycles. The fourth-order valence-corrected chi connectivity index (χ4v) is 7.72. The number of aromatic nitrogens is 3. The number of nitriles is 1. The van der Waals surface area contributed by atoms with E-state index in [1.54, 1.807) is 0 Å². The zero-order chi connectivity index (χ0) is 30.0. The standard InChI is InChI=1S/C40H28N4O/c41-24-28-12-9-14-32-29-18-16-26(22-33(29)40(36(28)32)20-7-2-8-21-40)38-42-37(25-10-3-1-4-11-25)43-39(44-38)27-17-19-31-30-13-5-6-15-34(30)45-35(31)23-27/h1,3-6,9-19,22-23H,2,7-8,20-21H2. The Labute approximate surface area is 260 Å². The summed E-state index contributed by atoms with van der Waals surface area (Å²) in [7, 11) is 0. The van der Waals surface area contributed by atoms with Crippen molar-refractivity contribution in [2.24, 2.45) is 0 Å². The number of fused-ring (bicyclic) bond motifs is 8. The minimum absolute atomic E-state index is 0.157. The summed E-state index contributed by atoms with van der Waals surface area (Å²) in [5.41, 5.74) is 9.98. The molecule has 214 valence electrons. The predicted octanol–water partition coefficient (Wildman–Crippen LogP) is 9.87. The van der Waals surface area contributed by atoms with Crippen molar-refractivity contribution in [3.63, 3.8) is 0 Å². The van der Waals surface area contributed by atoms with Gasteiger partial charge in [-0.3, -0.25) is 0 Å². The molecule has 0 unspecified atom stereocenters. The molecule has 1 spiro atoms. The lowest BCUT2D eigenvalue weighted by Crippen LogP contribution is -2.29. The summed E-state index contributed by atoms with van der Waals surface area (Å²) < 4.78 is 6.21. The van der Waals surface area contributed by atoms with E-state index in [0.717, 1.165) is 69.9 Å². The Morgan fingerprint density at radius 3 is 2.07 bits per heavy atom. The number of benzene rings is 5. The highest BCUT2D eigenvalue weighted by atomic mass is 16.3. The average Bonchev–Trinajstić information content (AvgIpc) is 3.61. The molecule has 2 aliphatic rings. The van der Waals surface area contributed by atoms with Crippen LogP contribution in [0.15, 0.2) is 114 Å². The first-order valence-corrected chi connectivity index (χ1v) is 15.6. The molecule has 5 nitrogen and oxygen atoms in total. The Morgan fingerprint density at radius 2 is 1.27 bits per heavy atom. The first-order valence-electron chi connectivity index (χ1n) is 15.6. The van der Waals surface area contributed by atoms with E-state index >= 15 is 0 Å². The molecule has 1 saturated carbocycles. The van der Waals surface area contributed by atoms with Crippen LogP contribution in [0.5, 0.6) is 0 Å². The van der Waals surface area contributed by atoms with Gasteiger partial charge in [0.05, 0.1) is 11.6 Å². The van der Waals surface area contributed by atoms with Crippen LogP contribution in [0.2, 0.25) is 0 Å². The van der Waals surface area contributed by atoms with Gasteiger partial charge >= 0.3 is 0 Å². The van der Waals surface area contributed by atoms with E-state index in [1.807, 2.05) is 66.7 Å². The van der Waals surface area contributed by atoms with E-state index in [2.05, 4.69) is 48.5 Å². The SMILES string of the molecule is N#Cc1cccc2c1C1(CCCCC1)c1cc(-c3nc(-c4ccccc4)nc(-c4ccc5c(c4)oc4ccccc45)n3)ccc1-2. The normalized spacial score (nSPS) is 14.8. The predicted molar refractivity (Wildman–Crippen MR) is 177 cm³/mol. The minimum Gasteiger partial charge on any atom is -0.456 e. The third-order valence-electron chi connectivity index (χ3n) is 9.76. The second kappa shape index (κ2) is 9.97. The van der Waals surface area contributed by atoms with Gasteiger partial charge in [-0.1, -0.05) is 98.1 Å². The van der Waals surface area contributed by atoms with Gasteiger partial charge in [-0.2, -0.15) is 5.26 Å². The fraction of sp³-hybridized carbons (Fsp3) is 0.150. The van der Waals surface area contributed by atoms with E-state index < -0.39 is 0 Å². The lowest BCUT2D eigenvalue weighted by molar-refractivity contribution is 0.352. The van der Waals surface area contributed by atoms with E-state index in [4.69, 9.17) is 19.4 Å². The second-order valence-corrected chi connectivity index (χ2v) is 12.2. The van der Waals surface area contributed by atoms with Crippen molar-refractivity contribution >= 4 is 21.9 Å². The van der Waals surface area contributed by atoms with E-state index in [1.165, 1.54) is 28.7 Å². The highest BCUT2D eigenvalue weighted by molar-refractivity contribution is 6.05. The number of furan rings is 1. The monoisotopic (exact) mass is 580 g/mol. The molecule has 0 radical (unpaired) electrons. The van der Waals surface area contributed by atoms with Gasteiger partial charge in [0.2, 0.25) is 0 Å². The summed E-state index contributed by atoms with van der Waals surface area (Å²) in [4.78, 5) is 15.1. The Bertz CT molecular complexity index is 2320. The van der Waals surface area contributed by atoms with Crippen molar-refractivity contribution in [2.75, 3.05) is 0 Å². The van der Waals surface area contributed by atoms with Crippen molar-refractivity contribution in [3.05, 3.63) is 126 Å². The highest BCUT2D eigenvalue weighted by Crippen LogP contribution is 2.57. The molecule has 9 rings (SSSR count). The Balaban J connectivity index is 1.23. The van der Waals surface area contributed by atoms with Gasteiger partial charge in [0.25, 0.3) is 0 Å². The van der Waals surface area contributed by atoms with Crippen LogP contribution in [0, 0.1) is 11.3 Å². The summed E-state index contributed by atoms with van der Waals surface area (Å²) in [5.74, 6) is 1.86. The maximum atomic E-state index is 10.1. The van der Waals surface area contributed by atoms with Crippen molar-refractivity contribution < 1.29 is 4.42 Å². The number of hydrogen-bond donors (Lipinski definition) is 0. The first-order chi connectivity index (χ1) is 22.2. The summed E-state index contributed by atoms with van der Waals surface area (Å²) in [6.07, 6.45) is 5.63. The van der Waals surface area contributed by atoms with Crippen LogP contribution in [0.1, 0.15) is 48.8 Å². The quantitative estimate of drug-likeness (QED) is 0.208. The fourth-order valence-electron chi connectivity index (χ4n) is 7.72. The van der Waals surface area contributed by atoms with Crippen LogP contribution in [0.25, 0.3) is 67.2 Å². The molecule has 0 N–H and O–H groups in total. The molecular weight excluding hydrogens is 552 g/mol. The molecule has 2 heterocycles. The molecule has 5 aromatic carbocycles. The third kappa shape index (κ3) is 3.96. The number of hydrogen-bond acceptors (Lipinski definition) is 5. The summed E-state index contributed by atoms with van der Waals surface area (Å²) in [6.45, 7) is 0. The molecule has 2 aliphatic carbocycles. The smallest absolute Gasteiger partial charge is 0.164 e. The summed E-state index contributed by atoms with van der Waals surface area (Å²) in [6, 6.07) is 39.7. The molecule has 7 aromatic rings. The Hall–Kier alpha value is -5.60. The van der Waals surface area contributed by atoms with Crippen molar-refractivity contribution in [2.45, 2.75) is 37.5 Å². The molecule has 0 amide bonds. The van der Waals surface area contributed by atoms with Gasteiger partial charge in [-0.15, -0.1) is 0 Å². The number of rotatable bonds is 3.